The molecule has 0 amide bonds. The Kier molecular flexibility index (Phi) is 6.18. The molecule has 0 spiro atoms. The molecule has 0 radical (unpaired) electrons. The predicted octanol–water partition coefficient (Wildman–Crippen LogP) is 2.31. The Morgan fingerprint density at radius 3 is 2.53 bits per heavy atom. The van der Waals surface area contributed by atoms with Crippen molar-refractivity contribution in [3.63, 3.8) is 0 Å². The summed E-state index contributed by atoms with van der Waals surface area (Å²) in [6, 6.07) is 0.873. The fraction of sp³-hybridized carbons (Fsp3) is 0.875. The van der Waals surface area contributed by atoms with E-state index in [-0.39, 0.29) is 0 Å². The summed E-state index contributed by atoms with van der Waals surface area (Å²) >= 11 is 0. The summed E-state index contributed by atoms with van der Waals surface area (Å²) in [7, 11) is 2.25. The molecule has 1 N–H and O–H groups in total. The van der Waals surface area contributed by atoms with E-state index in [1.54, 1.807) is 0 Å². The number of nitrogens with zero attached hydrogens (tertiary/aromatic N) is 2. The summed E-state index contributed by atoms with van der Waals surface area (Å²) in [5.74, 6) is 0.964. The van der Waals surface area contributed by atoms with E-state index in [1.807, 2.05) is 6.20 Å². The highest BCUT2D eigenvalue weighted by Crippen LogP contribution is 2.26. The summed E-state index contributed by atoms with van der Waals surface area (Å²) in [4.78, 5) is 5.19. The zero-order chi connectivity index (χ0) is 13.5. The Labute approximate surface area is 119 Å². The van der Waals surface area contributed by atoms with Crippen LogP contribution in [0.15, 0.2) is 12.8 Å². The molecule has 2 rings (SSSR count). The molecule has 1 aliphatic carbocycles. The topological polar surface area (TPSA) is 18.5 Å². The van der Waals surface area contributed by atoms with Crippen molar-refractivity contribution in [1.82, 2.24) is 15.1 Å². The van der Waals surface area contributed by atoms with E-state index in [4.69, 9.17) is 0 Å². The molecule has 19 heavy (non-hydrogen) atoms. The smallest absolute Gasteiger partial charge is 0.0269 e. The lowest BCUT2D eigenvalue weighted by molar-refractivity contribution is 0.112. The molecule has 3 nitrogen and oxygen atoms in total. The number of nitrogens with one attached hydrogen (secondary N) is 1. The van der Waals surface area contributed by atoms with Crippen LogP contribution in [0.25, 0.3) is 0 Å². The number of likely N-dealkylation sites (tertiary alicyclic amines) is 1. The third-order valence-electron chi connectivity index (χ3n) is 4.94. The molecule has 110 valence electrons. The van der Waals surface area contributed by atoms with Crippen LogP contribution in [-0.2, 0) is 0 Å². The molecule has 3 heteroatoms. The first-order chi connectivity index (χ1) is 9.29. The van der Waals surface area contributed by atoms with Crippen LogP contribution < -0.4 is 5.32 Å². The van der Waals surface area contributed by atoms with Crippen molar-refractivity contribution in [1.29, 1.82) is 0 Å². The lowest BCUT2D eigenvalue weighted by Crippen LogP contribution is -2.44. The van der Waals surface area contributed by atoms with Crippen LogP contribution in [0.3, 0.4) is 0 Å². The second-order valence-electron chi connectivity index (χ2n) is 6.31. The molecule has 0 atom stereocenters. The molecular formula is C16H31N3. The van der Waals surface area contributed by atoms with Gasteiger partial charge in [-0.3, -0.25) is 4.90 Å². The van der Waals surface area contributed by atoms with Crippen molar-refractivity contribution in [2.75, 3.05) is 39.8 Å². The molecule has 0 unspecified atom stereocenters. The van der Waals surface area contributed by atoms with Gasteiger partial charge in [-0.1, -0.05) is 13.0 Å². The summed E-state index contributed by atoms with van der Waals surface area (Å²) in [6.45, 7) is 9.86. The largest absolute Gasteiger partial charge is 0.390 e. The Morgan fingerprint density at radius 1 is 1.21 bits per heavy atom. The Hall–Kier alpha value is -0.540. The van der Waals surface area contributed by atoms with Crippen LogP contribution in [0.1, 0.15) is 38.5 Å². The first-order valence-corrected chi connectivity index (χ1v) is 8.06. The Morgan fingerprint density at radius 2 is 1.95 bits per heavy atom. The van der Waals surface area contributed by atoms with Gasteiger partial charge in [-0.2, -0.15) is 0 Å². The van der Waals surface area contributed by atoms with Gasteiger partial charge in [0.15, 0.2) is 0 Å². The second kappa shape index (κ2) is 7.91. The minimum Gasteiger partial charge on any atom is -0.390 e. The van der Waals surface area contributed by atoms with E-state index in [0.29, 0.717) is 0 Å². The van der Waals surface area contributed by atoms with E-state index < -0.39 is 0 Å². The Bertz CT molecular complexity index is 255. The maximum atomic E-state index is 3.73. The van der Waals surface area contributed by atoms with E-state index >= 15 is 0 Å². The van der Waals surface area contributed by atoms with E-state index in [0.717, 1.165) is 18.5 Å². The fourth-order valence-corrected chi connectivity index (χ4v) is 3.24. The molecule has 2 fully saturated rings. The van der Waals surface area contributed by atoms with Crippen molar-refractivity contribution in [3.05, 3.63) is 12.8 Å². The van der Waals surface area contributed by atoms with Gasteiger partial charge in [0.2, 0.25) is 0 Å². The third-order valence-corrected chi connectivity index (χ3v) is 4.94. The lowest BCUT2D eigenvalue weighted by Gasteiger charge is -2.39. The molecule has 2 aliphatic rings. The summed E-state index contributed by atoms with van der Waals surface area (Å²) in [6.07, 6.45) is 10.3. The molecule has 0 aromatic carbocycles. The van der Waals surface area contributed by atoms with Gasteiger partial charge < -0.3 is 10.2 Å². The van der Waals surface area contributed by atoms with E-state index in [2.05, 4.69) is 28.7 Å². The van der Waals surface area contributed by atoms with Gasteiger partial charge in [0.05, 0.1) is 0 Å². The van der Waals surface area contributed by atoms with Crippen LogP contribution in [0, 0.1) is 5.92 Å². The minimum absolute atomic E-state index is 0.873. The number of hydrogen-bond donors (Lipinski definition) is 1. The fourth-order valence-electron chi connectivity index (χ4n) is 3.24. The first-order valence-electron chi connectivity index (χ1n) is 8.06. The van der Waals surface area contributed by atoms with Crippen LogP contribution in [0.5, 0.6) is 0 Å². The van der Waals surface area contributed by atoms with Gasteiger partial charge >= 0.3 is 0 Å². The van der Waals surface area contributed by atoms with Crippen molar-refractivity contribution in [3.8, 4) is 0 Å². The molecule has 1 saturated carbocycles. The van der Waals surface area contributed by atoms with E-state index in [1.165, 1.54) is 64.7 Å². The molecule has 0 aromatic rings. The molecule has 0 bridgehead atoms. The average molecular weight is 265 g/mol. The van der Waals surface area contributed by atoms with Crippen LogP contribution in [0.2, 0.25) is 0 Å². The standard InChI is InChI=1S/C16H31N3/c1-3-17-10-14-19(16-5-4-6-16)13-9-15-7-11-18(2)12-8-15/h3,15-17H,1,4-14H2,2H3. The first kappa shape index (κ1) is 14.9. The average Bonchev–Trinajstić information content (AvgIpc) is 2.35. The highest BCUT2D eigenvalue weighted by molar-refractivity contribution is 4.82. The second-order valence-corrected chi connectivity index (χ2v) is 6.31. The highest BCUT2D eigenvalue weighted by atomic mass is 15.2. The minimum atomic E-state index is 0.873. The van der Waals surface area contributed by atoms with Gasteiger partial charge in [0.25, 0.3) is 0 Å². The van der Waals surface area contributed by atoms with Gasteiger partial charge in [-0.05, 0) is 70.9 Å². The molecule has 1 saturated heterocycles. The van der Waals surface area contributed by atoms with Crippen LogP contribution >= 0.6 is 0 Å². The Balaban J connectivity index is 1.68. The lowest BCUT2D eigenvalue weighted by atomic mass is 9.89. The zero-order valence-electron chi connectivity index (χ0n) is 12.6. The molecule has 1 heterocycles. The molecule has 0 aromatic heterocycles. The zero-order valence-corrected chi connectivity index (χ0v) is 12.6. The van der Waals surface area contributed by atoms with Crippen LogP contribution in [-0.4, -0.2) is 55.6 Å². The summed E-state index contributed by atoms with van der Waals surface area (Å²) in [5, 5.41) is 3.24. The molecule has 1 aliphatic heterocycles. The van der Waals surface area contributed by atoms with Gasteiger partial charge in [0, 0.05) is 19.1 Å². The monoisotopic (exact) mass is 265 g/mol. The highest BCUT2D eigenvalue weighted by Gasteiger charge is 2.25. The van der Waals surface area contributed by atoms with Crippen LogP contribution in [0.4, 0.5) is 0 Å². The summed E-state index contributed by atoms with van der Waals surface area (Å²) in [5.41, 5.74) is 0. The van der Waals surface area contributed by atoms with Crippen molar-refractivity contribution < 1.29 is 0 Å². The maximum absolute atomic E-state index is 3.73. The number of rotatable bonds is 8. The SMILES string of the molecule is C=CNCCN(CCC1CCN(C)CC1)C1CCC1. The summed E-state index contributed by atoms with van der Waals surface area (Å²) < 4.78 is 0. The third kappa shape index (κ3) is 4.81. The van der Waals surface area contributed by atoms with Gasteiger partial charge in [-0.15, -0.1) is 0 Å². The molecular weight excluding hydrogens is 234 g/mol. The maximum Gasteiger partial charge on any atom is 0.0269 e. The number of hydrogen-bond acceptors (Lipinski definition) is 3. The van der Waals surface area contributed by atoms with Crippen molar-refractivity contribution in [2.24, 2.45) is 5.92 Å². The quantitative estimate of drug-likeness (QED) is 0.680. The predicted molar refractivity (Wildman–Crippen MR) is 82.2 cm³/mol. The number of piperidine rings is 1. The van der Waals surface area contributed by atoms with Crippen molar-refractivity contribution >= 4 is 0 Å². The normalized spacial score (nSPS) is 22.4. The van der Waals surface area contributed by atoms with Gasteiger partial charge in [0.1, 0.15) is 0 Å². The van der Waals surface area contributed by atoms with Gasteiger partial charge in [-0.25, -0.2) is 0 Å². The van der Waals surface area contributed by atoms with Crippen molar-refractivity contribution in [2.45, 2.75) is 44.6 Å². The van der Waals surface area contributed by atoms with E-state index in [9.17, 15) is 0 Å².